The van der Waals surface area contributed by atoms with Crippen molar-refractivity contribution in [3.05, 3.63) is 11.8 Å². The van der Waals surface area contributed by atoms with Crippen molar-refractivity contribution >= 4 is 64.8 Å². The maximum Gasteiger partial charge on any atom is 0.329 e. The van der Waals surface area contributed by atoms with Crippen LogP contribution in [0.15, 0.2) is 11.8 Å². The Morgan fingerprint density at radius 1 is 1.00 bits per heavy atom. The van der Waals surface area contributed by atoms with Gasteiger partial charge in [0.05, 0.1) is 6.42 Å². The number of alkyl halides is 1. The Balaban J connectivity index is 3.31. The highest BCUT2D eigenvalue weighted by atomic mass is 127. The summed E-state index contributed by atoms with van der Waals surface area (Å²) in [5.41, 5.74) is -0.0821. The van der Waals surface area contributed by atoms with Crippen molar-refractivity contribution in [1.29, 1.82) is 0 Å². The SMILES string of the molecule is C/C=C1\NC(=O)[C@@H](CS)NC(=O)[C@@H](C(C)C)NC(=O)C[C@H](I)OC(=O)[C@H](C(C)C)NC1=O. The van der Waals surface area contributed by atoms with Crippen molar-refractivity contribution in [1.82, 2.24) is 21.3 Å². The summed E-state index contributed by atoms with van der Waals surface area (Å²) in [7, 11) is 0. The molecule has 10 nitrogen and oxygen atoms in total. The zero-order valence-electron chi connectivity index (χ0n) is 18.7. The van der Waals surface area contributed by atoms with Gasteiger partial charge in [-0.05, 0) is 41.4 Å². The molecule has 0 bridgehead atoms. The summed E-state index contributed by atoms with van der Waals surface area (Å²) >= 11 is 5.94. The molecular weight excluding hydrogens is 551 g/mol. The maximum atomic E-state index is 12.8. The van der Waals surface area contributed by atoms with Gasteiger partial charge in [-0.15, -0.1) is 0 Å². The van der Waals surface area contributed by atoms with Crippen LogP contribution in [0.2, 0.25) is 0 Å². The molecule has 1 fully saturated rings. The number of carbonyl (C=O) groups excluding carboxylic acids is 5. The van der Waals surface area contributed by atoms with Gasteiger partial charge < -0.3 is 26.0 Å². The molecule has 0 radical (unpaired) electrons. The third-order valence-corrected chi connectivity index (χ3v) is 5.73. The number of amides is 4. The molecule has 1 saturated heterocycles. The number of hydrogen-bond acceptors (Lipinski definition) is 7. The van der Waals surface area contributed by atoms with E-state index in [0.29, 0.717) is 0 Å². The quantitative estimate of drug-likeness (QED) is 0.107. The highest BCUT2D eigenvalue weighted by Crippen LogP contribution is 2.14. The number of allylic oxidation sites excluding steroid dienone is 1. The van der Waals surface area contributed by atoms with Gasteiger partial charge in [0.1, 0.15) is 23.8 Å². The monoisotopic (exact) mass is 582 g/mol. The van der Waals surface area contributed by atoms with E-state index in [4.69, 9.17) is 4.74 Å². The van der Waals surface area contributed by atoms with Crippen LogP contribution < -0.4 is 21.3 Å². The van der Waals surface area contributed by atoms with Gasteiger partial charge in [0.15, 0.2) is 4.11 Å². The molecule has 1 rings (SSSR count). The van der Waals surface area contributed by atoms with Crippen LogP contribution in [0.4, 0.5) is 0 Å². The second-order valence-electron chi connectivity index (χ2n) is 7.97. The summed E-state index contributed by atoms with van der Waals surface area (Å²) in [4.78, 5) is 63.2. The van der Waals surface area contributed by atoms with E-state index in [1.807, 2.05) is 22.6 Å². The van der Waals surface area contributed by atoms with Crippen molar-refractivity contribution < 1.29 is 28.7 Å². The molecule has 4 amide bonds. The van der Waals surface area contributed by atoms with Crippen LogP contribution in [-0.4, -0.2) is 57.6 Å². The molecular formula is C20H31IN4O6S. The minimum atomic E-state index is -1.05. The molecule has 4 N–H and O–H groups in total. The van der Waals surface area contributed by atoms with Crippen LogP contribution in [0.1, 0.15) is 41.0 Å². The molecule has 0 aromatic heterocycles. The van der Waals surface area contributed by atoms with E-state index < -0.39 is 51.8 Å². The van der Waals surface area contributed by atoms with Crippen LogP contribution in [-0.2, 0) is 28.7 Å². The smallest absolute Gasteiger partial charge is 0.329 e. The molecule has 4 atom stereocenters. The van der Waals surface area contributed by atoms with E-state index in [2.05, 4.69) is 33.9 Å². The lowest BCUT2D eigenvalue weighted by Crippen LogP contribution is -2.57. The molecule has 0 spiro atoms. The van der Waals surface area contributed by atoms with Gasteiger partial charge in [0.25, 0.3) is 5.91 Å². The fourth-order valence-electron chi connectivity index (χ4n) is 2.81. The number of rotatable bonds is 3. The fraction of sp³-hybridized carbons (Fsp3) is 0.650. The minimum Gasteiger partial charge on any atom is -0.450 e. The van der Waals surface area contributed by atoms with Gasteiger partial charge in [-0.3, -0.25) is 19.2 Å². The molecule has 180 valence electrons. The van der Waals surface area contributed by atoms with Crippen molar-refractivity contribution in [2.24, 2.45) is 11.8 Å². The normalized spacial score (nSPS) is 28.2. The topological polar surface area (TPSA) is 143 Å². The standard InChI is InChI=1S/C20H31IN4O6S/c1-6-11-17(27)25-16(10(4)5)20(30)31-13(21)7-14(26)24-15(9(2)3)19(29)23-12(8-32)18(28)22-11/h6,9-10,12-13,15-16,32H,7-8H2,1-5H3,(H,22,28)(H,23,29)(H,24,26)(H,25,27)/b11-6-/t12-,13-,15-,16+/m1/s1. The Morgan fingerprint density at radius 3 is 2.09 bits per heavy atom. The molecule has 0 unspecified atom stereocenters. The first-order valence-corrected chi connectivity index (χ1v) is 12.1. The molecule has 0 aromatic rings. The summed E-state index contributed by atoms with van der Waals surface area (Å²) in [5, 5.41) is 10.2. The molecule has 12 heteroatoms. The minimum absolute atomic E-state index is 0.0360. The van der Waals surface area contributed by atoms with Crippen molar-refractivity contribution in [3.63, 3.8) is 0 Å². The molecule has 0 saturated carbocycles. The first-order valence-electron chi connectivity index (χ1n) is 10.2. The molecule has 1 aliphatic heterocycles. The van der Waals surface area contributed by atoms with E-state index in [9.17, 15) is 24.0 Å². The van der Waals surface area contributed by atoms with Crippen LogP contribution >= 0.6 is 35.2 Å². The van der Waals surface area contributed by atoms with E-state index in [0.717, 1.165) is 0 Å². The molecule has 1 heterocycles. The van der Waals surface area contributed by atoms with E-state index in [-0.39, 0.29) is 29.7 Å². The van der Waals surface area contributed by atoms with E-state index in [1.165, 1.54) is 6.08 Å². The molecule has 0 aliphatic carbocycles. The highest BCUT2D eigenvalue weighted by Gasteiger charge is 2.33. The van der Waals surface area contributed by atoms with E-state index in [1.54, 1.807) is 34.6 Å². The van der Waals surface area contributed by atoms with Crippen molar-refractivity contribution in [3.8, 4) is 0 Å². The van der Waals surface area contributed by atoms with Crippen molar-refractivity contribution in [2.75, 3.05) is 5.75 Å². The molecule has 32 heavy (non-hydrogen) atoms. The highest BCUT2D eigenvalue weighted by molar-refractivity contribution is 14.1. The number of carbonyl (C=O) groups is 5. The zero-order valence-corrected chi connectivity index (χ0v) is 21.8. The number of hydrogen-bond donors (Lipinski definition) is 5. The molecule has 0 aromatic carbocycles. The zero-order chi connectivity index (χ0) is 24.6. The lowest BCUT2D eigenvalue weighted by atomic mass is 10.0. The Morgan fingerprint density at radius 2 is 1.59 bits per heavy atom. The number of nitrogens with one attached hydrogen (secondary N) is 4. The number of halogens is 1. The summed E-state index contributed by atoms with van der Waals surface area (Å²) in [5.74, 6) is -3.74. The van der Waals surface area contributed by atoms with Gasteiger partial charge in [0, 0.05) is 5.75 Å². The fourth-order valence-corrected chi connectivity index (χ4v) is 3.71. The Labute approximate surface area is 207 Å². The third kappa shape index (κ3) is 8.26. The average Bonchev–Trinajstić information content (AvgIpc) is 2.70. The summed E-state index contributed by atoms with van der Waals surface area (Å²) in [6.07, 6.45) is 1.20. The van der Waals surface area contributed by atoms with Crippen LogP contribution in [0.25, 0.3) is 0 Å². The van der Waals surface area contributed by atoms with Gasteiger partial charge in [-0.1, -0.05) is 33.8 Å². The lowest BCUT2D eigenvalue weighted by Gasteiger charge is -2.27. The predicted octanol–water partition coefficient (Wildman–Crippen LogP) is 0.411. The predicted molar refractivity (Wildman–Crippen MR) is 130 cm³/mol. The van der Waals surface area contributed by atoms with Crippen LogP contribution in [0, 0.1) is 11.8 Å². The third-order valence-electron chi connectivity index (χ3n) is 4.67. The second-order valence-corrected chi connectivity index (χ2v) is 9.73. The number of ether oxygens (including phenoxy) is 1. The maximum absolute atomic E-state index is 12.8. The van der Waals surface area contributed by atoms with Crippen LogP contribution in [0.5, 0.6) is 0 Å². The average molecular weight is 582 g/mol. The van der Waals surface area contributed by atoms with Gasteiger partial charge in [-0.2, -0.15) is 12.6 Å². The summed E-state index contributed by atoms with van der Waals surface area (Å²) in [6, 6.07) is -2.97. The molecule has 1 aliphatic rings. The van der Waals surface area contributed by atoms with E-state index >= 15 is 0 Å². The number of esters is 1. The largest absolute Gasteiger partial charge is 0.450 e. The lowest BCUT2D eigenvalue weighted by molar-refractivity contribution is -0.150. The second kappa shape index (κ2) is 13.0. The van der Waals surface area contributed by atoms with Crippen molar-refractivity contribution in [2.45, 2.75) is 63.3 Å². The van der Waals surface area contributed by atoms with Gasteiger partial charge >= 0.3 is 5.97 Å². The first-order chi connectivity index (χ1) is 14.9. The number of cyclic esters (lactones) is 1. The Hall–Kier alpha value is -1.83. The first kappa shape index (κ1) is 28.2. The Kier molecular flexibility index (Phi) is 11.5. The van der Waals surface area contributed by atoms with Crippen LogP contribution in [0.3, 0.4) is 0 Å². The number of thiol groups is 1. The summed E-state index contributed by atoms with van der Waals surface area (Å²) < 4.78 is 4.53. The Bertz CT molecular complexity index is 773. The summed E-state index contributed by atoms with van der Waals surface area (Å²) in [6.45, 7) is 8.50. The van der Waals surface area contributed by atoms with Gasteiger partial charge in [0.2, 0.25) is 17.7 Å². The van der Waals surface area contributed by atoms with Gasteiger partial charge in [-0.25, -0.2) is 4.79 Å².